The van der Waals surface area contributed by atoms with Crippen LogP contribution in [0.15, 0.2) is 18.0 Å². The Morgan fingerprint density at radius 1 is 1.47 bits per heavy atom. The average Bonchev–Trinajstić information content (AvgIpc) is 2.84. The van der Waals surface area contributed by atoms with Crippen molar-refractivity contribution < 1.29 is 5.11 Å². The fourth-order valence-corrected chi connectivity index (χ4v) is 3.17. The van der Waals surface area contributed by atoms with Crippen LogP contribution in [0.3, 0.4) is 0 Å². The van der Waals surface area contributed by atoms with Crippen molar-refractivity contribution in [1.29, 1.82) is 0 Å². The molecule has 1 saturated heterocycles. The predicted molar refractivity (Wildman–Crippen MR) is 80.9 cm³/mol. The number of β-amino-alcohol motifs (C(OH)–C–C–N with tert-alkyl or cyclic N) is 1. The Morgan fingerprint density at radius 3 is 2.79 bits per heavy atom. The first-order valence-electron chi connectivity index (χ1n) is 6.87. The fraction of sp³-hybridized carbons (Fsp3) is 0.643. The Morgan fingerprint density at radius 2 is 2.21 bits per heavy atom. The van der Waals surface area contributed by atoms with Gasteiger partial charge in [-0.15, -0.1) is 17.9 Å². The van der Waals surface area contributed by atoms with E-state index in [0.717, 1.165) is 56.4 Å². The van der Waals surface area contributed by atoms with Crippen LogP contribution in [0.4, 0.5) is 5.13 Å². The maximum Gasteiger partial charge on any atom is 0.185 e. The Bertz CT molecular complexity index is 399. The number of piperazine rings is 1. The monoisotopic (exact) mass is 281 g/mol. The zero-order valence-electron chi connectivity index (χ0n) is 11.6. The second-order valence-corrected chi connectivity index (χ2v) is 5.92. The van der Waals surface area contributed by atoms with Gasteiger partial charge in [0.05, 0.1) is 11.8 Å². The number of thiazole rings is 1. The van der Waals surface area contributed by atoms with E-state index in [1.807, 2.05) is 13.0 Å². The number of anilines is 1. The van der Waals surface area contributed by atoms with Crippen molar-refractivity contribution in [2.45, 2.75) is 25.9 Å². The largest absolute Gasteiger partial charge is 0.392 e. The molecule has 1 aliphatic rings. The van der Waals surface area contributed by atoms with Crippen molar-refractivity contribution in [1.82, 2.24) is 9.88 Å². The second-order valence-electron chi connectivity index (χ2n) is 5.08. The zero-order chi connectivity index (χ0) is 13.7. The molecule has 1 aliphatic heterocycles. The van der Waals surface area contributed by atoms with Gasteiger partial charge in [0.25, 0.3) is 0 Å². The van der Waals surface area contributed by atoms with E-state index in [0.29, 0.717) is 0 Å². The van der Waals surface area contributed by atoms with Crippen molar-refractivity contribution in [2.24, 2.45) is 0 Å². The van der Waals surface area contributed by atoms with Gasteiger partial charge < -0.3 is 10.0 Å². The highest BCUT2D eigenvalue weighted by Crippen LogP contribution is 2.21. The minimum atomic E-state index is -0.230. The van der Waals surface area contributed by atoms with Crippen molar-refractivity contribution in [3.63, 3.8) is 0 Å². The maximum absolute atomic E-state index is 9.91. The van der Waals surface area contributed by atoms with Crippen LogP contribution in [0.5, 0.6) is 0 Å². The Labute approximate surface area is 119 Å². The smallest absolute Gasteiger partial charge is 0.185 e. The van der Waals surface area contributed by atoms with Crippen molar-refractivity contribution in [2.75, 3.05) is 37.6 Å². The third-order valence-corrected chi connectivity index (χ3v) is 4.44. The molecular formula is C14H23N3OS. The molecule has 106 valence electrons. The van der Waals surface area contributed by atoms with Gasteiger partial charge in [-0.2, -0.15) is 0 Å². The summed E-state index contributed by atoms with van der Waals surface area (Å²) < 4.78 is 0. The van der Waals surface area contributed by atoms with E-state index in [-0.39, 0.29) is 6.10 Å². The minimum absolute atomic E-state index is 0.230. The van der Waals surface area contributed by atoms with Crippen LogP contribution in [-0.2, 0) is 0 Å². The van der Waals surface area contributed by atoms with Crippen LogP contribution in [0.2, 0.25) is 0 Å². The number of allylic oxidation sites excluding steroid dienone is 1. The highest BCUT2D eigenvalue weighted by molar-refractivity contribution is 7.13. The van der Waals surface area contributed by atoms with Gasteiger partial charge in [-0.1, -0.05) is 6.08 Å². The Balaban J connectivity index is 1.74. The van der Waals surface area contributed by atoms with E-state index in [9.17, 15) is 5.11 Å². The molecule has 19 heavy (non-hydrogen) atoms. The Kier molecular flexibility index (Phi) is 5.36. The van der Waals surface area contributed by atoms with E-state index >= 15 is 0 Å². The molecule has 1 aromatic rings. The van der Waals surface area contributed by atoms with Crippen molar-refractivity contribution >= 4 is 16.5 Å². The molecule has 1 fully saturated rings. The van der Waals surface area contributed by atoms with Crippen LogP contribution < -0.4 is 4.90 Å². The first-order valence-corrected chi connectivity index (χ1v) is 7.75. The quantitative estimate of drug-likeness (QED) is 0.809. The number of hydrogen-bond acceptors (Lipinski definition) is 5. The summed E-state index contributed by atoms with van der Waals surface area (Å²) in [7, 11) is 0. The van der Waals surface area contributed by atoms with E-state index in [2.05, 4.69) is 26.7 Å². The molecule has 1 unspecified atom stereocenters. The average molecular weight is 281 g/mol. The Hall–Kier alpha value is -0.910. The topological polar surface area (TPSA) is 39.6 Å². The van der Waals surface area contributed by atoms with Crippen LogP contribution in [0.25, 0.3) is 0 Å². The molecule has 0 spiro atoms. The minimum Gasteiger partial charge on any atom is -0.392 e. The van der Waals surface area contributed by atoms with Gasteiger partial charge in [0, 0.05) is 38.1 Å². The number of aromatic nitrogens is 1. The number of hydrogen-bond donors (Lipinski definition) is 1. The summed E-state index contributed by atoms with van der Waals surface area (Å²) >= 11 is 1.72. The molecule has 0 bridgehead atoms. The lowest BCUT2D eigenvalue weighted by Crippen LogP contribution is -2.48. The first-order chi connectivity index (χ1) is 9.19. The standard InChI is InChI=1S/C14H23N3OS/c1-3-4-5-13(18)10-16-6-8-17(9-7-16)14-15-12(2)11-19-14/h3,11,13,18H,1,4-10H2,2H3. The SMILES string of the molecule is C=CCCC(O)CN1CCN(c2nc(C)cs2)CC1. The summed E-state index contributed by atoms with van der Waals surface area (Å²) in [5, 5.41) is 13.1. The van der Waals surface area contributed by atoms with E-state index in [4.69, 9.17) is 0 Å². The highest BCUT2D eigenvalue weighted by Gasteiger charge is 2.20. The van der Waals surface area contributed by atoms with Gasteiger partial charge in [0.15, 0.2) is 5.13 Å². The molecule has 0 aliphatic carbocycles. The molecule has 0 saturated carbocycles. The van der Waals surface area contributed by atoms with Gasteiger partial charge in [0.2, 0.25) is 0 Å². The van der Waals surface area contributed by atoms with E-state index < -0.39 is 0 Å². The summed E-state index contributed by atoms with van der Waals surface area (Å²) in [5.74, 6) is 0. The van der Waals surface area contributed by atoms with Crippen LogP contribution in [-0.4, -0.2) is 53.8 Å². The third-order valence-electron chi connectivity index (χ3n) is 3.42. The second kappa shape index (κ2) is 7.03. The lowest BCUT2D eigenvalue weighted by molar-refractivity contribution is 0.103. The predicted octanol–water partition coefficient (Wildman–Crippen LogP) is 1.90. The number of aliphatic hydroxyl groups excluding tert-OH is 1. The number of aryl methyl sites for hydroxylation is 1. The van der Waals surface area contributed by atoms with Crippen molar-refractivity contribution in [3.05, 3.63) is 23.7 Å². The molecule has 0 radical (unpaired) electrons. The van der Waals surface area contributed by atoms with Crippen molar-refractivity contribution in [3.8, 4) is 0 Å². The highest BCUT2D eigenvalue weighted by atomic mass is 32.1. The zero-order valence-corrected chi connectivity index (χ0v) is 12.4. The summed E-state index contributed by atoms with van der Waals surface area (Å²) in [6.45, 7) is 10.5. The van der Waals surface area contributed by atoms with E-state index in [1.54, 1.807) is 11.3 Å². The van der Waals surface area contributed by atoms with Crippen LogP contribution >= 0.6 is 11.3 Å². The molecule has 5 heteroatoms. The molecule has 4 nitrogen and oxygen atoms in total. The maximum atomic E-state index is 9.91. The van der Waals surface area contributed by atoms with Gasteiger partial charge in [-0.3, -0.25) is 4.90 Å². The number of aliphatic hydroxyl groups is 1. The van der Waals surface area contributed by atoms with Gasteiger partial charge in [-0.05, 0) is 19.8 Å². The number of rotatable bonds is 6. The summed E-state index contributed by atoms with van der Waals surface area (Å²) in [4.78, 5) is 9.20. The molecular weight excluding hydrogens is 258 g/mol. The van der Waals surface area contributed by atoms with Gasteiger partial charge in [-0.25, -0.2) is 4.98 Å². The van der Waals surface area contributed by atoms with Crippen LogP contribution in [0, 0.1) is 6.92 Å². The van der Waals surface area contributed by atoms with Crippen LogP contribution in [0.1, 0.15) is 18.5 Å². The normalized spacial score (nSPS) is 18.5. The molecule has 1 N–H and O–H groups in total. The van der Waals surface area contributed by atoms with Gasteiger partial charge >= 0.3 is 0 Å². The summed E-state index contributed by atoms with van der Waals surface area (Å²) in [6, 6.07) is 0. The molecule has 1 atom stereocenters. The summed E-state index contributed by atoms with van der Waals surface area (Å²) in [5.41, 5.74) is 1.10. The van der Waals surface area contributed by atoms with E-state index in [1.165, 1.54) is 0 Å². The summed E-state index contributed by atoms with van der Waals surface area (Å²) in [6.07, 6.45) is 3.34. The first kappa shape index (κ1) is 14.5. The molecule has 0 amide bonds. The fourth-order valence-electron chi connectivity index (χ4n) is 2.31. The third kappa shape index (κ3) is 4.30. The molecule has 1 aromatic heterocycles. The molecule has 2 rings (SSSR count). The molecule has 0 aromatic carbocycles. The lowest BCUT2D eigenvalue weighted by Gasteiger charge is -2.35. The molecule has 2 heterocycles. The van der Waals surface area contributed by atoms with Gasteiger partial charge in [0.1, 0.15) is 0 Å². The lowest BCUT2D eigenvalue weighted by atomic mass is 10.2. The number of nitrogens with zero attached hydrogens (tertiary/aromatic N) is 3.